The number of fused-ring (bicyclic) bond motifs is 8. The van der Waals surface area contributed by atoms with Crippen LogP contribution in [0.25, 0.3) is 111 Å². The van der Waals surface area contributed by atoms with Gasteiger partial charge < -0.3 is 8.83 Å². The number of furan rings is 2. The van der Waals surface area contributed by atoms with Gasteiger partial charge in [-0.1, -0.05) is 133 Å². The van der Waals surface area contributed by atoms with E-state index in [9.17, 15) is 0 Å². The lowest BCUT2D eigenvalue weighted by Gasteiger charge is -2.11. The minimum absolute atomic E-state index is 0.574. The summed E-state index contributed by atoms with van der Waals surface area (Å²) < 4.78 is 13.0. The van der Waals surface area contributed by atoms with Crippen LogP contribution < -0.4 is 0 Å². The monoisotopic (exact) mass is 691 g/mol. The van der Waals surface area contributed by atoms with Crippen molar-refractivity contribution in [2.45, 2.75) is 0 Å². The quantitative estimate of drug-likeness (QED) is 0.180. The van der Waals surface area contributed by atoms with Gasteiger partial charge in [0, 0.05) is 43.6 Å². The van der Waals surface area contributed by atoms with Gasteiger partial charge in [0.05, 0.1) is 0 Å². The second-order valence-electron chi connectivity index (χ2n) is 13.6. The van der Waals surface area contributed by atoms with Gasteiger partial charge in [-0.15, -0.1) is 0 Å². The highest BCUT2D eigenvalue weighted by molar-refractivity contribution is 6.19. The van der Waals surface area contributed by atoms with E-state index < -0.39 is 0 Å². The molecule has 8 aromatic carbocycles. The Bertz CT molecular complexity index is 3220. The number of hydrogen-bond acceptors (Lipinski definition) is 5. The van der Waals surface area contributed by atoms with Crippen LogP contribution in [0.2, 0.25) is 0 Å². The van der Waals surface area contributed by atoms with Crippen LogP contribution in [0.1, 0.15) is 0 Å². The molecule has 0 saturated heterocycles. The highest BCUT2D eigenvalue weighted by Crippen LogP contribution is 2.41. The lowest BCUT2D eigenvalue weighted by atomic mass is 9.97. The van der Waals surface area contributed by atoms with Crippen molar-refractivity contribution in [3.8, 4) is 56.4 Å². The van der Waals surface area contributed by atoms with Gasteiger partial charge in [-0.05, 0) is 70.1 Å². The molecule has 0 bridgehead atoms. The smallest absolute Gasteiger partial charge is 0.164 e. The van der Waals surface area contributed by atoms with E-state index in [-0.39, 0.29) is 0 Å². The van der Waals surface area contributed by atoms with Crippen molar-refractivity contribution in [2.75, 3.05) is 0 Å². The molecule has 0 spiro atoms. The maximum atomic E-state index is 6.72. The third-order valence-electron chi connectivity index (χ3n) is 10.3. The molecule has 0 aliphatic heterocycles. The van der Waals surface area contributed by atoms with Crippen molar-refractivity contribution in [1.82, 2.24) is 15.0 Å². The zero-order valence-corrected chi connectivity index (χ0v) is 28.9. The fourth-order valence-corrected chi connectivity index (χ4v) is 7.68. The summed E-state index contributed by atoms with van der Waals surface area (Å²) >= 11 is 0. The molecule has 54 heavy (non-hydrogen) atoms. The first kappa shape index (κ1) is 30.3. The second-order valence-corrected chi connectivity index (χ2v) is 13.6. The largest absolute Gasteiger partial charge is 0.456 e. The molecule has 5 nitrogen and oxygen atoms in total. The molecule has 0 atom stereocenters. The Kier molecular flexibility index (Phi) is 6.79. The van der Waals surface area contributed by atoms with E-state index in [0.29, 0.717) is 17.5 Å². The molecular formula is C49H29N3O2. The van der Waals surface area contributed by atoms with Crippen molar-refractivity contribution in [3.63, 3.8) is 0 Å². The molecule has 0 saturated carbocycles. The van der Waals surface area contributed by atoms with Gasteiger partial charge in [0.2, 0.25) is 0 Å². The highest BCUT2D eigenvalue weighted by Gasteiger charge is 2.20. The van der Waals surface area contributed by atoms with Crippen LogP contribution >= 0.6 is 0 Å². The summed E-state index contributed by atoms with van der Waals surface area (Å²) in [5.41, 5.74) is 10.6. The summed E-state index contributed by atoms with van der Waals surface area (Å²) in [7, 11) is 0. The minimum Gasteiger partial charge on any atom is -0.456 e. The fraction of sp³-hybridized carbons (Fsp3) is 0. The molecule has 252 valence electrons. The number of para-hydroxylation sites is 1. The van der Waals surface area contributed by atoms with Crippen molar-refractivity contribution in [3.05, 3.63) is 176 Å². The Hall–Kier alpha value is -7.37. The Morgan fingerprint density at radius 3 is 1.59 bits per heavy atom. The van der Waals surface area contributed by atoms with E-state index in [1.807, 2.05) is 66.7 Å². The Morgan fingerprint density at radius 1 is 0.278 bits per heavy atom. The molecule has 0 amide bonds. The molecule has 0 fully saturated rings. The average molecular weight is 692 g/mol. The van der Waals surface area contributed by atoms with Crippen LogP contribution in [0.15, 0.2) is 185 Å². The molecule has 3 heterocycles. The first-order valence-corrected chi connectivity index (χ1v) is 18.0. The van der Waals surface area contributed by atoms with E-state index >= 15 is 0 Å². The van der Waals surface area contributed by atoms with Crippen molar-refractivity contribution >= 4 is 54.6 Å². The summed E-state index contributed by atoms with van der Waals surface area (Å²) in [5.74, 6) is 1.76. The molecule has 0 radical (unpaired) electrons. The fourth-order valence-electron chi connectivity index (χ4n) is 7.68. The number of aromatic nitrogens is 3. The molecule has 5 heteroatoms. The zero-order chi connectivity index (χ0) is 35.6. The van der Waals surface area contributed by atoms with Gasteiger partial charge in [-0.2, -0.15) is 0 Å². The number of rotatable bonds is 5. The molecule has 0 N–H and O–H groups in total. The van der Waals surface area contributed by atoms with Gasteiger partial charge in [0.15, 0.2) is 17.5 Å². The third kappa shape index (κ3) is 4.98. The first-order valence-electron chi connectivity index (χ1n) is 18.0. The van der Waals surface area contributed by atoms with Gasteiger partial charge in [0.25, 0.3) is 0 Å². The van der Waals surface area contributed by atoms with E-state index in [0.717, 1.165) is 82.5 Å². The van der Waals surface area contributed by atoms with Gasteiger partial charge in [-0.3, -0.25) is 0 Å². The Balaban J connectivity index is 1.09. The average Bonchev–Trinajstić information content (AvgIpc) is 3.81. The van der Waals surface area contributed by atoms with E-state index in [1.165, 1.54) is 11.1 Å². The zero-order valence-electron chi connectivity index (χ0n) is 28.9. The summed E-state index contributed by atoms with van der Waals surface area (Å²) in [4.78, 5) is 15.3. The summed E-state index contributed by atoms with van der Waals surface area (Å²) in [6.07, 6.45) is 0. The number of nitrogens with zero attached hydrogens (tertiary/aromatic N) is 3. The molecule has 0 aliphatic carbocycles. The van der Waals surface area contributed by atoms with E-state index in [4.69, 9.17) is 23.8 Å². The summed E-state index contributed by atoms with van der Waals surface area (Å²) in [6.45, 7) is 0. The van der Waals surface area contributed by atoms with E-state index in [1.54, 1.807) is 0 Å². The van der Waals surface area contributed by atoms with Gasteiger partial charge in [-0.25, -0.2) is 15.0 Å². The molecule has 11 aromatic rings. The maximum absolute atomic E-state index is 6.72. The molecule has 3 aromatic heterocycles. The van der Waals surface area contributed by atoms with Crippen LogP contribution in [-0.4, -0.2) is 15.0 Å². The van der Waals surface area contributed by atoms with Crippen LogP contribution in [0, 0.1) is 0 Å². The van der Waals surface area contributed by atoms with E-state index in [2.05, 4.69) is 109 Å². The summed E-state index contributed by atoms with van der Waals surface area (Å²) in [6, 6.07) is 60.5. The molecule has 0 unspecified atom stereocenters. The Morgan fingerprint density at radius 2 is 0.796 bits per heavy atom. The predicted molar refractivity (Wildman–Crippen MR) is 219 cm³/mol. The number of benzene rings is 8. The Labute approximate surface area is 309 Å². The normalized spacial score (nSPS) is 11.7. The van der Waals surface area contributed by atoms with Crippen molar-refractivity contribution in [1.29, 1.82) is 0 Å². The SMILES string of the molecule is c1ccc(-c2cccc(-c3ccc4c(c3)oc3c5ccccc5c(-c5nc(-c6ccccc6)nc(-c6ccc7c(c6)oc6ccccc67)n5)cc43)c2)cc1. The molecule has 0 aliphatic rings. The second kappa shape index (κ2) is 12.1. The predicted octanol–water partition coefficient (Wildman–Crippen LogP) is 13.2. The third-order valence-corrected chi connectivity index (χ3v) is 10.3. The lowest BCUT2D eigenvalue weighted by molar-refractivity contribution is 0.669. The van der Waals surface area contributed by atoms with Crippen LogP contribution in [0.4, 0.5) is 0 Å². The van der Waals surface area contributed by atoms with Crippen LogP contribution in [0.3, 0.4) is 0 Å². The lowest BCUT2D eigenvalue weighted by Crippen LogP contribution is -2.00. The van der Waals surface area contributed by atoms with Crippen LogP contribution in [0.5, 0.6) is 0 Å². The first-order chi connectivity index (χ1) is 26.7. The minimum atomic E-state index is 0.574. The molecular weight excluding hydrogens is 663 g/mol. The molecule has 11 rings (SSSR count). The van der Waals surface area contributed by atoms with Crippen molar-refractivity contribution < 1.29 is 8.83 Å². The summed E-state index contributed by atoms with van der Waals surface area (Å²) in [5, 5.41) is 6.19. The number of hydrogen-bond donors (Lipinski definition) is 0. The maximum Gasteiger partial charge on any atom is 0.164 e. The standard InChI is InChI=1S/C49H29N3O2/c1-3-12-30(13-4-1)32-16-11-17-33(26-32)34-22-24-39-41-29-42(36-18-7-8-20-40(36)46(41)54-45(39)27-34)49-51-47(31-14-5-2-6-15-31)50-48(52-49)35-23-25-38-37-19-9-10-21-43(37)53-44(38)28-35/h1-29H. The topological polar surface area (TPSA) is 65.0 Å². The van der Waals surface area contributed by atoms with Crippen molar-refractivity contribution in [2.24, 2.45) is 0 Å². The van der Waals surface area contributed by atoms with Gasteiger partial charge >= 0.3 is 0 Å². The van der Waals surface area contributed by atoms with Crippen LogP contribution in [-0.2, 0) is 0 Å². The highest BCUT2D eigenvalue weighted by atomic mass is 16.3. The van der Waals surface area contributed by atoms with Gasteiger partial charge in [0.1, 0.15) is 22.3 Å².